The zero-order chi connectivity index (χ0) is 11.6. The van der Waals surface area contributed by atoms with E-state index in [0.717, 1.165) is 19.3 Å². The van der Waals surface area contributed by atoms with Crippen LogP contribution in [0.1, 0.15) is 45.4 Å². The predicted molar refractivity (Wildman–Crippen MR) is 68.5 cm³/mol. The summed E-state index contributed by atoms with van der Waals surface area (Å²) in [6.45, 7) is 2.20. The molecule has 0 aromatic carbocycles. The first-order chi connectivity index (χ1) is 7.66. The highest BCUT2D eigenvalue weighted by molar-refractivity contribution is 7.99. The van der Waals surface area contributed by atoms with E-state index >= 15 is 0 Å². The van der Waals surface area contributed by atoms with Crippen LogP contribution in [0.2, 0.25) is 0 Å². The number of carbonyl (C=O) groups excluding carboxylic acids is 1. The van der Waals surface area contributed by atoms with E-state index in [9.17, 15) is 4.79 Å². The first kappa shape index (κ1) is 12.2. The van der Waals surface area contributed by atoms with Gasteiger partial charge in [0.15, 0.2) is 0 Å². The molecule has 2 saturated carbocycles. The lowest BCUT2D eigenvalue weighted by molar-refractivity contribution is -0.124. The molecule has 16 heavy (non-hydrogen) atoms. The van der Waals surface area contributed by atoms with Crippen molar-refractivity contribution in [2.24, 2.45) is 5.73 Å². The summed E-state index contributed by atoms with van der Waals surface area (Å²) >= 11 is 2.00. The van der Waals surface area contributed by atoms with Gasteiger partial charge in [-0.3, -0.25) is 4.79 Å². The molecule has 0 aromatic rings. The van der Waals surface area contributed by atoms with Gasteiger partial charge in [-0.05, 0) is 44.3 Å². The Bertz CT molecular complexity index is 268. The lowest BCUT2D eigenvalue weighted by atomic mass is 9.96. The number of nitrogens with one attached hydrogen (secondary N) is 1. The molecule has 2 unspecified atom stereocenters. The zero-order valence-corrected chi connectivity index (χ0v) is 10.8. The number of nitrogens with two attached hydrogens (primary N) is 1. The molecular formula is C12H22N2OS. The third-order valence-electron chi connectivity index (χ3n) is 3.56. The minimum Gasteiger partial charge on any atom is -0.368 e. The standard InChI is InChI=1S/C12H22N2OS/c1-2-7-16-10-5-6-12(8-10,11(13)15)14-9-3-4-9/h9-10,14H,2-8H2,1H3,(H2,13,15). The van der Waals surface area contributed by atoms with Crippen molar-refractivity contribution in [3.63, 3.8) is 0 Å². The predicted octanol–water partition coefficient (Wildman–Crippen LogP) is 1.66. The summed E-state index contributed by atoms with van der Waals surface area (Å²) in [5.74, 6) is 1.06. The van der Waals surface area contributed by atoms with Crippen LogP contribution in [0, 0.1) is 0 Å². The molecule has 2 aliphatic carbocycles. The van der Waals surface area contributed by atoms with Gasteiger partial charge in [0.05, 0.1) is 5.54 Å². The van der Waals surface area contributed by atoms with Crippen molar-refractivity contribution in [3.8, 4) is 0 Å². The van der Waals surface area contributed by atoms with Crippen molar-refractivity contribution in [3.05, 3.63) is 0 Å². The molecule has 2 aliphatic rings. The molecule has 0 radical (unpaired) electrons. The van der Waals surface area contributed by atoms with Crippen molar-refractivity contribution in [1.82, 2.24) is 5.32 Å². The Morgan fingerprint density at radius 1 is 1.50 bits per heavy atom. The quantitative estimate of drug-likeness (QED) is 0.745. The molecule has 3 N–H and O–H groups in total. The van der Waals surface area contributed by atoms with Crippen molar-refractivity contribution >= 4 is 17.7 Å². The van der Waals surface area contributed by atoms with E-state index in [0.29, 0.717) is 11.3 Å². The molecule has 2 rings (SSSR count). The lowest BCUT2D eigenvalue weighted by Gasteiger charge is -2.27. The van der Waals surface area contributed by atoms with E-state index in [1.165, 1.54) is 25.0 Å². The SMILES string of the molecule is CCCSC1CCC(NC2CC2)(C(N)=O)C1. The number of hydrogen-bond donors (Lipinski definition) is 2. The van der Waals surface area contributed by atoms with Gasteiger partial charge in [0, 0.05) is 11.3 Å². The first-order valence-corrected chi connectivity index (χ1v) is 7.40. The fourth-order valence-electron chi connectivity index (χ4n) is 2.47. The molecule has 2 atom stereocenters. The largest absolute Gasteiger partial charge is 0.368 e. The molecule has 0 bridgehead atoms. The van der Waals surface area contributed by atoms with Crippen LogP contribution in [0.25, 0.3) is 0 Å². The maximum absolute atomic E-state index is 11.7. The summed E-state index contributed by atoms with van der Waals surface area (Å²) in [5.41, 5.74) is 5.21. The number of amides is 1. The Hall–Kier alpha value is -0.220. The van der Waals surface area contributed by atoms with Crippen LogP contribution in [0.15, 0.2) is 0 Å². The van der Waals surface area contributed by atoms with Gasteiger partial charge < -0.3 is 11.1 Å². The molecule has 0 spiro atoms. The topological polar surface area (TPSA) is 55.1 Å². The van der Waals surface area contributed by atoms with Gasteiger partial charge in [-0.15, -0.1) is 0 Å². The smallest absolute Gasteiger partial charge is 0.237 e. The van der Waals surface area contributed by atoms with Gasteiger partial charge in [-0.2, -0.15) is 11.8 Å². The van der Waals surface area contributed by atoms with E-state index in [2.05, 4.69) is 12.2 Å². The summed E-state index contributed by atoms with van der Waals surface area (Å²) in [7, 11) is 0. The lowest BCUT2D eigenvalue weighted by Crippen LogP contribution is -2.54. The van der Waals surface area contributed by atoms with E-state index in [1.807, 2.05) is 11.8 Å². The van der Waals surface area contributed by atoms with E-state index in [4.69, 9.17) is 5.73 Å². The van der Waals surface area contributed by atoms with Gasteiger partial charge in [-0.1, -0.05) is 6.92 Å². The van der Waals surface area contributed by atoms with Crippen molar-refractivity contribution in [2.75, 3.05) is 5.75 Å². The summed E-state index contributed by atoms with van der Waals surface area (Å²) in [5, 5.41) is 4.11. The molecule has 0 aliphatic heterocycles. The van der Waals surface area contributed by atoms with Gasteiger partial charge in [-0.25, -0.2) is 0 Å². The summed E-state index contributed by atoms with van der Waals surface area (Å²) < 4.78 is 0. The Morgan fingerprint density at radius 3 is 2.81 bits per heavy atom. The second-order valence-electron chi connectivity index (χ2n) is 5.10. The Balaban J connectivity index is 1.91. The molecule has 92 valence electrons. The Kier molecular flexibility index (Phi) is 3.80. The van der Waals surface area contributed by atoms with Crippen LogP contribution in [0.5, 0.6) is 0 Å². The Labute approximate surface area is 102 Å². The molecule has 3 nitrogen and oxygen atoms in total. The fraction of sp³-hybridized carbons (Fsp3) is 0.917. The van der Waals surface area contributed by atoms with Crippen LogP contribution in [0.4, 0.5) is 0 Å². The normalized spacial score (nSPS) is 34.2. The van der Waals surface area contributed by atoms with Gasteiger partial charge in [0.1, 0.15) is 0 Å². The molecule has 0 aromatic heterocycles. The molecule has 1 amide bonds. The summed E-state index contributed by atoms with van der Waals surface area (Å²) in [4.78, 5) is 11.7. The zero-order valence-electron chi connectivity index (χ0n) is 10.00. The Morgan fingerprint density at radius 2 is 2.25 bits per heavy atom. The van der Waals surface area contributed by atoms with Crippen molar-refractivity contribution in [1.29, 1.82) is 0 Å². The number of hydrogen-bond acceptors (Lipinski definition) is 3. The highest BCUT2D eigenvalue weighted by Crippen LogP contribution is 2.39. The summed E-state index contributed by atoms with van der Waals surface area (Å²) in [6, 6.07) is 0.558. The highest BCUT2D eigenvalue weighted by Gasteiger charge is 2.46. The molecule has 0 saturated heterocycles. The van der Waals surface area contributed by atoms with Gasteiger partial charge in [0.25, 0.3) is 0 Å². The molecule has 0 heterocycles. The third kappa shape index (κ3) is 2.72. The van der Waals surface area contributed by atoms with E-state index in [1.54, 1.807) is 0 Å². The molecule has 2 fully saturated rings. The minimum atomic E-state index is -0.382. The van der Waals surface area contributed by atoms with Gasteiger partial charge in [0.2, 0.25) is 5.91 Å². The third-order valence-corrected chi connectivity index (χ3v) is 5.07. The fourth-order valence-corrected chi connectivity index (χ4v) is 3.73. The number of rotatable bonds is 6. The molecular weight excluding hydrogens is 220 g/mol. The number of primary amides is 1. The first-order valence-electron chi connectivity index (χ1n) is 6.35. The second-order valence-corrected chi connectivity index (χ2v) is 6.51. The maximum atomic E-state index is 11.7. The van der Waals surface area contributed by atoms with Crippen molar-refractivity contribution < 1.29 is 4.79 Å². The van der Waals surface area contributed by atoms with Crippen LogP contribution in [0.3, 0.4) is 0 Å². The molecule has 4 heteroatoms. The van der Waals surface area contributed by atoms with Crippen LogP contribution in [-0.2, 0) is 4.79 Å². The monoisotopic (exact) mass is 242 g/mol. The number of carbonyl (C=O) groups is 1. The average molecular weight is 242 g/mol. The van der Waals surface area contributed by atoms with E-state index in [-0.39, 0.29) is 11.4 Å². The van der Waals surface area contributed by atoms with Gasteiger partial charge >= 0.3 is 0 Å². The highest BCUT2D eigenvalue weighted by atomic mass is 32.2. The number of thioether (sulfide) groups is 1. The van der Waals surface area contributed by atoms with Crippen molar-refractivity contribution in [2.45, 2.75) is 62.3 Å². The van der Waals surface area contributed by atoms with Crippen LogP contribution >= 0.6 is 11.8 Å². The second kappa shape index (κ2) is 4.96. The average Bonchev–Trinajstić information content (AvgIpc) is 2.95. The van der Waals surface area contributed by atoms with Crippen LogP contribution in [-0.4, -0.2) is 28.5 Å². The summed E-state index contributed by atoms with van der Waals surface area (Å²) in [6.07, 6.45) is 6.63. The van der Waals surface area contributed by atoms with E-state index < -0.39 is 0 Å². The maximum Gasteiger partial charge on any atom is 0.237 e. The van der Waals surface area contributed by atoms with Crippen LogP contribution < -0.4 is 11.1 Å². The minimum absolute atomic E-state index is 0.140.